The second kappa shape index (κ2) is 4.49. The fourth-order valence-electron chi connectivity index (χ4n) is 1.56. The normalized spacial score (nSPS) is 9.75. The lowest BCUT2D eigenvalue weighted by atomic mass is 10.0. The summed E-state index contributed by atoms with van der Waals surface area (Å²) >= 11 is 0. The number of rotatable bonds is 3. The van der Waals surface area contributed by atoms with Crippen molar-refractivity contribution < 1.29 is 4.74 Å². The first-order valence-corrected chi connectivity index (χ1v) is 4.88. The molecule has 0 bridgehead atoms. The van der Waals surface area contributed by atoms with E-state index in [1.807, 2.05) is 24.4 Å². The molecule has 1 aromatic heterocycles. The average Bonchev–Trinajstić information content (AvgIpc) is 2.83. The summed E-state index contributed by atoms with van der Waals surface area (Å²) in [5.41, 5.74) is 2.92. The first kappa shape index (κ1) is 10.2. The summed E-state index contributed by atoms with van der Waals surface area (Å²) < 4.78 is 5.25. The molecule has 80 valence electrons. The van der Waals surface area contributed by atoms with Crippen LogP contribution in [0, 0.1) is 11.3 Å². The van der Waals surface area contributed by atoms with Crippen molar-refractivity contribution in [1.29, 1.82) is 5.26 Å². The van der Waals surface area contributed by atoms with E-state index in [4.69, 9.17) is 10.00 Å². The van der Waals surface area contributed by atoms with Gasteiger partial charge in [0, 0.05) is 17.3 Å². The van der Waals surface area contributed by atoms with Gasteiger partial charge in [-0.15, -0.1) is 0 Å². The first-order chi connectivity index (χ1) is 7.85. The molecule has 2 rings (SSSR count). The highest BCUT2D eigenvalue weighted by Crippen LogP contribution is 2.26. The zero-order chi connectivity index (χ0) is 11.4. The van der Waals surface area contributed by atoms with Crippen molar-refractivity contribution in [2.45, 2.75) is 6.42 Å². The van der Waals surface area contributed by atoms with Crippen LogP contribution < -0.4 is 4.74 Å². The highest BCUT2D eigenvalue weighted by Gasteiger charge is 2.06. The van der Waals surface area contributed by atoms with E-state index in [9.17, 15) is 0 Å². The van der Waals surface area contributed by atoms with Crippen LogP contribution in [0.5, 0.6) is 5.75 Å². The van der Waals surface area contributed by atoms with Gasteiger partial charge in [0.15, 0.2) is 0 Å². The van der Waals surface area contributed by atoms with Crippen LogP contribution in [-0.4, -0.2) is 17.3 Å². The van der Waals surface area contributed by atoms with Gasteiger partial charge in [0.2, 0.25) is 0 Å². The molecule has 0 aliphatic carbocycles. The summed E-state index contributed by atoms with van der Waals surface area (Å²) in [4.78, 5) is 0. The maximum atomic E-state index is 8.67. The molecule has 0 saturated heterocycles. The Hall–Kier alpha value is -2.28. The molecule has 1 N–H and O–H groups in total. The second-order valence-electron chi connectivity index (χ2n) is 3.35. The lowest BCUT2D eigenvalue weighted by Crippen LogP contribution is -1.91. The zero-order valence-corrected chi connectivity index (χ0v) is 8.90. The van der Waals surface area contributed by atoms with Crippen LogP contribution in [0.25, 0.3) is 11.1 Å². The number of nitrogens with one attached hydrogen (secondary N) is 1. The van der Waals surface area contributed by atoms with Crippen LogP contribution in [0.3, 0.4) is 0 Å². The number of nitriles is 1. The summed E-state index contributed by atoms with van der Waals surface area (Å²) in [6.07, 6.45) is 3.92. The first-order valence-electron chi connectivity index (χ1n) is 4.88. The molecule has 0 spiro atoms. The molecule has 4 nitrogen and oxygen atoms in total. The number of benzene rings is 1. The van der Waals surface area contributed by atoms with Gasteiger partial charge < -0.3 is 4.74 Å². The molecule has 0 fully saturated rings. The van der Waals surface area contributed by atoms with Crippen LogP contribution in [0.4, 0.5) is 0 Å². The number of aromatic amines is 1. The van der Waals surface area contributed by atoms with E-state index in [1.165, 1.54) is 0 Å². The number of H-pyrrole nitrogens is 1. The van der Waals surface area contributed by atoms with Gasteiger partial charge in [-0.3, -0.25) is 5.10 Å². The molecule has 4 heteroatoms. The Bertz CT molecular complexity index is 512. The molecule has 2 aromatic rings. The molecular formula is C12H11N3O. The summed E-state index contributed by atoms with van der Waals surface area (Å²) in [6.45, 7) is 0. The van der Waals surface area contributed by atoms with Gasteiger partial charge in [-0.25, -0.2) is 0 Å². The van der Waals surface area contributed by atoms with E-state index in [2.05, 4.69) is 16.3 Å². The molecule has 0 aliphatic rings. The number of aromatic nitrogens is 2. The van der Waals surface area contributed by atoms with Crippen molar-refractivity contribution in [2.75, 3.05) is 7.11 Å². The summed E-state index contributed by atoms with van der Waals surface area (Å²) in [7, 11) is 1.61. The number of nitrogens with zero attached hydrogens (tertiary/aromatic N) is 2. The Kier molecular flexibility index (Phi) is 2.88. The number of hydrogen-bond acceptors (Lipinski definition) is 3. The maximum absolute atomic E-state index is 8.67. The molecular weight excluding hydrogens is 202 g/mol. The Labute approximate surface area is 93.5 Å². The minimum absolute atomic E-state index is 0.356. The number of ether oxygens (including phenoxy) is 1. The van der Waals surface area contributed by atoms with Crippen molar-refractivity contribution in [1.82, 2.24) is 10.2 Å². The van der Waals surface area contributed by atoms with E-state index in [-0.39, 0.29) is 0 Å². The standard InChI is InChI=1S/C12H11N3O/c1-16-12-6-10(11-7-14-15-8-11)3-2-9(12)4-5-13/h2-3,6-8H,4H2,1H3,(H,14,15). The maximum Gasteiger partial charge on any atom is 0.123 e. The Morgan fingerprint density at radius 2 is 2.31 bits per heavy atom. The topological polar surface area (TPSA) is 61.7 Å². The number of methoxy groups -OCH3 is 1. The molecule has 0 atom stereocenters. The van der Waals surface area contributed by atoms with Crippen LogP contribution >= 0.6 is 0 Å². The van der Waals surface area contributed by atoms with Crippen LogP contribution in [0.1, 0.15) is 5.56 Å². The van der Waals surface area contributed by atoms with Crippen molar-refractivity contribution in [2.24, 2.45) is 0 Å². The van der Waals surface area contributed by atoms with Gasteiger partial charge in [0.25, 0.3) is 0 Å². The summed E-state index contributed by atoms with van der Waals surface area (Å²) in [5.74, 6) is 0.736. The summed E-state index contributed by atoms with van der Waals surface area (Å²) in [6, 6.07) is 7.89. The average molecular weight is 213 g/mol. The smallest absolute Gasteiger partial charge is 0.123 e. The fourth-order valence-corrected chi connectivity index (χ4v) is 1.56. The van der Waals surface area contributed by atoms with Gasteiger partial charge in [-0.1, -0.05) is 12.1 Å². The van der Waals surface area contributed by atoms with Crippen molar-refractivity contribution in [3.8, 4) is 22.9 Å². The van der Waals surface area contributed by atoms with E-state index >= 15 is 0 Å². The van der Waals surface area contributed by atoms with Crippen molar-refractivity contribution in [3.05, 3.63) is 36.2 Å². The predicted octanol–water partition coefficient (Wildman–Crippen LogP) is 2.15. The highest BCUT2D eigenvalue weighted by atomic mass is 16.5. The van der Waals surface area contributed by atoms with Crippen molar-refractivity contribution >= 4 is 0 Å². The molecule has 16 heavy (non-hydrogen) atoms. The van der Waals surface area contributed by atoms with Crippen molar-refractivity contribution in [3.63, 3.8) is 0 Å². The van der Waals surface area contributed by atoms with Gasteiger partial charge >= 0.3 is 0 Å². The molecule has 0 amide bonds. The molecule has 1 heterocycles. The summed E-state index contributed by atoms with van der Waals surface area (Å²) in [5, 5.41) is 15.3. The van der Waals surface area contributed by atoms with Crippen LogP contribution in [0.2, 0.25) is 0 Å². The van der Waals surface area contributed by atoms with E-state index in [0.29, 0.717) is 6.42 Å². The Balaban J connectivity index is 2.41. The largest absolute Gasteiger partial charge is 0.496 e. The SMILES string of the molecule is COc1cc(-c2cn[nH]c2)ccc1CC#N. The van der Waals surface area contributed by atoms with E-state index < -0.39 is 0 Å². The van der Waals surface area contributed by atoms with Gasteiger partial charge in [0.1, 0.15) is 5.75 Å². The highest BCUT2D eigenvalue weighted by molar-refractivity contribution is 5.64. The van der Waals surface area contributed by atoms with E-state index in [0.717, 1.165) is 22.4 Å². The molecule has 0 saturated carbocycles. The third kappa shape index (κ3) is 1.89. The van der Waals surface area contributed by atoms with Gasteiger partial charge in [0.05, 0.1) is 25.8 Å². The molecule has 0 aliphatic heterocycles. The van der Waals surface area contributed by atoms with E-state index in [1.54, 1.807) is 13.3 Å². The Morgan fingerprint density at radius 1 is 1.44 bits per heavy atom. The van der Waals surface area contributed by atoms with Gasteiger partial charge in [-0.05, 0) is 11.6 Å². The molecule has 0 unspecified atom stereocenters. The lowest BCUT2D eigenvalue weighted by Gasteiger charge is -2.07. The zero-order valence-electron chi connectivity index (χ0n) is 8.90. The van der Waals surface area contributed by atoms with Crippen LogP contribution in [-0.2, 0) is 6.42 Å². The van der Waals surface area contributed by atoms with Crippen LogP contribution in [0.15, 0.2) is 30.6 Å². The third-order valence-electron chi connectivity index (χ3n) is 2.39. The monoisotopic (exact) mass is 213 g/mol. The fraction of sp³-hybridized carbons (Fsp3) is 0.167. The minimum Gasteiger partial charge on any atom is -0.496 e. The quantitative estimate of drug-likeness (QED) is 0.849. The van der Waals surface area contributed by atoms with Gasteiger partial charge in [-0.2, -0.15) is 10.4 Å². The molecule has 0 radical (unpaired) electrons. The second-order valence-corrected chi connectivity index (χ2v) is 3.35. The predicted molar refractivity (Wildman–Crippen MR) is 59.9 cm³/mol. The Morgan fingerprint density at radius 3 is 2.94 bits per heavy atom. The minimum atomic E-state index is 0.356. The number of hydrogen-bond donors (Lipinski definition) is 1. The third-order valence-corrected chi connectivity index (χ3v) is 2.39. The lowest BCUT2D eigenvalue weighted by molar-refractivity contribution is 0.411. The molecule has 1 aromatic carbocycles.